The van der Waals surface area contributed by atoms with Crippen molar-refractivity contribution < 1.29 is 43.1 Å². The maximum Gasteiger partial charge on any atom is 0.238 e. The predicted octanol–water partition coefficient (Wildman–Crippen LogP) is -0.393. The molecule has 6 N–H and O–H groups in total. The second-order valence-corrected chi connectivity index (χ2v) is 10.1. The fourth-order valence-corrected chi connectivity index (χ4v) is 5.03. The molecule has 11 heteroatoms. The number of sulfonamides is 1. The first kappa shape index (κ1) is 25.0. The first-order valence-electron chi connectivity index (χ1n) is 11.0. The molecule has 0 aromatic heterocycles. The molecule has 2 aliphatic heterocycles. The van der Waals surface area contributed by atoms with Gasteiger partial charge in [0.1, 0.15) is 42.4 Å². The van der Waals surface area contributed by atoms with Crippen LogP contribution in [0.25, 0.3) is 0 Å². The number of aliphatic hydroxyl groups is 4. The van der Waals surface area contributed by atoms with E-state index in [-0.39, 0.29) is 17.4 Å². The molecule has 34 heavy (non-hydrogen) atoms. The smallest absolute Gasteiger partial charge is 0.238 e. The summed E-state index contributed by atoms with van der Waals surface area (Å²) < 4.78 is 41.2. The summed E-state index contributed by atoms with van der Waals surface area (Å²) in [6.45, 7) is 0.652. The van der Waals surface area contributed by atoms with Crippen molar-refractivity contribution in [1.82, 2.24) is 0 Å². The van der Waals surface area contributed by atoms with Gasteiger partial charge in [0.05, 0.1) is 24.7 Å². The Balaban J connectivity index is 1.60. The van der Waals surface area contributed by atoms with E-state index in [1.54, 1.807) is 12.1 Å². The number of benzene rings is 2. The van der Waals surface area contributed by atoms with Gasteiger partial charge in [-0.1, -0.05) is 24.3 Å². The molecule has 2 aromatic carbocycles. The minimum absolute atomic E-state index is 0.00931. The van der Waals surface area contributed by atoms with E-state index in [0.717, 1.165) is 12.0 Å². The van der Waals surface area contributed by atoms with Crippen LogP contribution >= 0.6 is 0 Å². The van der Waals surface area contributed by atoms with E-state index >= 15 is 0 Å². The lowest BCUT2D eigenvalue weighted by Crippen LogP contribution is -2.55. The van der Waals surface area contributed by atoms with Crippen LogP contribution in [0.2, 0.25) is 0 Å². The molecule has 186 valence electrons. The average molecular weight is 496 g/mol. The Morgan fingerprint density at radius 3 is 2.38 bits per heavy atom. The number of nitrogens with two attached hydrogens (primary N) is 1. The first-order chi connectivity index (χ1) is 16.2. The van der Waals surface area contributed by atoms with Crippen molar-refractivity contribution in [2.45, 2.75) is 54.4 Å². The van der Waals surface area contributed by atoms with Crippen LogP contribution in [-0.4, -0.2) is 79.2 Å². The number of hydrogen-bond acceptors (Lipinski definition) is 9. The van der Waals surface area contributed by atoms with Crippen LogP contribution in [0, 0.1) is 0 Å². The van der Waals surface area contributed by atoms with Gasteiger partial charge < -0.3 is 34.6 Å². The molecular weight excluding hydrogens is 466 g/mol. The number of ether oxygens (including phenoxy) is 3. The molecule has 0 bridgehead atoms. The van der Waals surface area contributed by atoms with Crippen molar-refractivity contribution in [2.75, 3.05) is 19.8 Å². The molecule has 2 saturated heterocycles. The van der Waals surface area contributed by atoms with Crippen molar-refractivity contribution in [3.8, 4) is 5.75 Å². The normalized spacial score (nSPS) is 29.8. The lowest BCUT2D eigenvalue weighted by Gasteiger charge is -2.40. The Morgan fingerprint density at radius 1 is 1.03 bits per heavy atom. The zero-order chi connectivity index (χ0) is 24.5. The molecule has 0 saturated carbocycles. The maximum atomic E-state index is 12.2. The monoisotopic (exact) mass is 495 g/mol. The summed E-state index contributed by atoms with van der Waals surface area (Å²) in [6, 6.07) is 11.5. The van der Waals surface area contributed by atoms with E-state index in [0.29, 0.717) is 30.1 Å². The minimum Gasteiger partial charge on any atom is -0.488 e. The van der Waals surface area contributed by atoms with Crippen LogP contribution in [0.5, 0.6) is 5.75 Å². The van der Waals surface area contributed by atoms with Crippen molar-refractivity contribution in [3.63, 3.8) is 0 Å². The molecule has 2 aliphatic rings. The zero-order valence-electron chi connectivity index (χ0n) is 18.4. The van der Waals surface area contributed by atoms with Gasteiger partial charge in [-0.25, -0.2) is 13.6 Å². The van der Waals surface area contributed by atoms with Gasteiger partial charge in [-0.15, -0.1) is 0 Å². The van der Waals surface area contributed by atoms with Gasteiger partial charge in [-0.2, -0.15) is 0 Å². The highest BCUT2D eigenvalue weighted by Gasteiger charge is 2.44. The van der Waals surface area contributed by atoms with E-state index < -0.39 is 47.2 Å². The Hall–Kier alpha value is -2.09. The quantitative estimate of drug-likeness (QED) is 0.343. The molecule has 0 spiro atoms. The molecule has 0 amide bonds. The van der Waals surface area contributed by atoms with Crippen molar-refractivity contribution in [3.05, 3.63) is 59.2 Å². The summed E-state index contributed by atoms with van der Waals surface area (Å²) in [5, 5.41) is 45.5. The standard InChI is InChI=1S/C23H29NO9S/c24-34(29,30)19-6-3-14(23-22(28)21(27)20(26)18(11-25)33-23)10-15(19)9-13-1-4-16(5-2-13)32-17-7-8-31-12-17/h1-6,10,17-18,20-23,25-28H,7-9,11-12H2,(H2,24,29,30)/t17?,18-,20-,21+,22-,23+/m1/s1. The molecule has 4 rings (SSSR count). The molecule has 10 nitrogen and oxygen atoms in total. The Bertz CT molecular complexity index is 1080. The molecule has 2 aromatic rings. The zero-order valence-corrected chi connectivity index (χ0v) is 19.2. The number of primary sulfonamides is 1. The SMILES string of the molecule is NS(=O)(=O)c1ccc([C@@H]2O[C@H](CO)[C@@H](O)[C@H](O)[C@H]2O)cc1Cc1ccc(OC2CCOC2)cc1. The minimum atomic E-state index is -4.04. The number of aliphatic hydroxyl groups excluding tert-OH is 4. The molecule has 0 radical (unpaired) electrons. The van der Waals surface area contributed by atoms with E-state index in [1.165, 1.54) is 18.2 Å². The first-order valence-corrected chi connectivity index (χ1v) is 12.5. The molecule has 0 aliphatic carbocycles. The summed E-state index contributed by atoms with van der Waals surface area (Å²) in [6.07, 6.45) is -5.65. The van der Waals surface area contributed by atoms with Crippen LogP contribution in [0.1, 0.15) is 29.2 Å². The van der Waals surface area contributed by atoms with Gasteiger partial charge in [0.2, 0.25) is 10.0 Å². The van der Waals surface area contributed by atoms with Crippen molar-refractivity contribution in [2.24, 2.45) is 5.14 Å². The topological polar surface area (TPSA) is 169 Å². The van der Waals surface area contributed by atoms with Gasteiger partial charge in [0, 0.05) is 6.42 Å². The maximum absolute atomic E-state index is 12.2. The number of rotatable bonds is 7. The highest BCUT2D eigenvalue weighted by Crippen LogP contribution is 2.34. The summed E-state index contributed by atoms with van der Waals surface area (Å²) in [7, 11) is -4.04. The third-order valence-corrected chi connectivity index (χ3v) is 7.13. The van der Waals surface area contributed by atoms with Crippen LogP contribution in [0.3, 0.4) is 0 Å². The lowest BCUT2D eigenvalue weighted by atomic mass is 9.90. The predicted molar refractivity (Wildman–Crippen MR) is 120 cm³/mol. The van der Waals surface area contributed by atoms with Crippen LogP contribution in [0.4, 0.5) is 0 Å². The summed E-state index contributed by atoms with van der Waals surface area (Å²) in [5.41, 5.74) is 1.54. The fourth-order valence-electron chi connectivity index (χ4n) is 4.27. The van der Waals surface area contributed by atoms with Gasteiger partial charge in [0.15, 0.2) is 0 Å². The Kier molecular flexibility index (Phi) is 7.55. The summed E-state index contributed by atoms with van der Waals surface area (Å²) >= 11 is 0. The Labute approximate surface area is 197 Å². The second kappa shape index (κ2) is 10.3. The molecular formula is C23H29NO9S. The third-order valence-electron chi connectivity index (χ3n) is 6.12. The van der Waals surface area contributed by atoms with Gasteiger partial charge >= 0.3 is 0 Å². The van der Waals surface area contributed by atoms with Gasteiger partial charge in [-0.05, 0) is 41.3 Å². The van der Waals surface area contributed by atoms with E-state index in [2.05, 4.69) is 0 Å². The summed E-state index contributed by atoms with van der Waals surface area (Å²) in [5.74, 6) is 0.681. The lowest BCUT2D eigenvalue weighted by molar-refractivity contribution is -0.231. The molecule has 2 fully saturated rings. The van der Waals surface area contributed by atoms with Crippen LogP contribution < -0.4 is 9.88 Å². The van der Waals surface area contributed by atoms with E-state index in [9.17, 15) is 28.8 Å². The highest BCUT2D eigenvalue weighted by molar-refractivity contribution is 7.89. The third kappa shape index (κ3) is 5.42. The Morgan fingerprint density at radius 2 is 1.76 bits per heavy atom. The van der Waals surface area contributed by atoms with Crippen LogP contribution in [-0.2, 0) is 25.9 Å². The molecule has 1 unspecified atom stereocenters. The average Bonchev–Trinajstić information content (AvgIpc) is 3.31. The van der Waals surface area contributed by atoms with Crippen molar-refractivity contribution in [1.29, 1.82) is 0 Å². The second-order valence-electron chi connectivity index (χ2n) is 8.59. The van der Waals surface area contributed by atoms with Gasteiger partial charge in [0.25, 0.3) is 0 Å². The fraction of sp³-hybridized carbons (Fsp3) is 0.478. The van der Waals surface area contributed by atoms with Crippen molar-refractivity contribution >= 4 is 10.0 Å². The van der Waals surface area contributed by atoms with Gasteiger partial charge in [-0.3, -0.25) is 0 Å². The number of hydrogen-bond donors (Lipinski definition) is 5. The van der Waals surface area contributed by atoms with E-state index in [1.807, 2.05) is 12.1 Å². The summed E-state index contributed by atoms with van der Waals surface area (Å²) in [4.78, 5) is -0.0794. The van der Waals surface area contributed by atoms with E-state index in [4.69, 9.17) is 19.3 Å². The molecule has 6 atom stereocenters. The highest BCUT2D eigenvalue weighted by atomic mass is 32.2. The molecule has 2 heterocycles. The largest absolute Gasteiger partial charge is 0.488 e. The van der Waals surface area contributed by atoms with Crippen LogP contribution in [0.15, 0.2) is 47.4 Å².